The topological polar surface area (TPSA) is 35.2 Å². The molecule has 1 saturated heterocycles. The standard InChI is InChI=1S/C6H11NO.ClH/c7-1-4-5-2-8-3-6(4)5;/h4-6H,1-3,7H2;1H/t4?,5-,6+;. The highest BCUT2D eigenvalue weighted by Gasteiger charge is 2.52. The zero-order valence-corrected chi connectivity index (χ0v) is 6.06. The average Bonchev–Trinajstić information content (AvgIpc) is 2.22. The monoisotopic (exact) mass is 149 g/mol. The van der Waals surface area contributed by atoms with Gasteiger partial charge in [0.15, 0.2) is 0 Å². The van der Waals surface area contributed by atoms with Crippen molar-refractivity contribution in [1.82, 2.24) is 0 Å². The normalized spacial score (nSPS) is 45.7. The molecule has 2 aliphatic rings. The maximum absolute atomic E-state index is 5.47. The maximum atomic E-state index is 5.47. The molecule has 2 rings (SSSR count). The Morgan fingerprint density at radius 1 is 1.33 bits per heavy atom. The number of hydrogen-bond acceptors (Lipinski definition) is 2. The van der Waals surface area contributed by atoms with E-state index in [1.165, 1.54) is 0 Å². The summed E-state index contributed by atoms with van der Waals surface area (Å²) in [7, 11) is 0. The fraction of sp³-hybridized carbons (Fsp3) is 1.00. The van der Waals surface area contributed by atoms with Gasteiger partial charge in [-0.25, -0.2) is 0 Å². The van der Waals surface area contributed by atoms with Gasteiger partial charge in [0.2, 0.25) is 0 Å². The van der Waals surface area contributed by atoms with E-state index in [0.29, 0.717) is 0 Å². The van der Waals surface area contributed by atoms with Crippen LogP contribution in [0.5, 0.6) is 0 Å². The van der Waals surface area contributed by atoms with E-state index < -0.39 is 0 Å². The van der Waals surface area contributed by atoms with Crippen LogP contribution in [0, 0.1) is 17.8 Å². The van der Waals surface area contributed by atoms with E-state index in [1.807, 2.05) is 0 Å². The molecule has 1 unspecified atom stereocenters. The Labute approximate surface area is 61.2 Å². The van der Waals surface area contributed by atoms with Crippen molar-refractivity contribution in [2.75, 3.05) is 19.8 Å². The molecule has 9 heavy (non-hydrogen) atoms. The Hall–Kier alpha value is 0.210. The molecule has 0 spiro atoms. The molecule has 2 nitrogen and oxygen atoms in total. The van der Waals surface area contributed by atoms with Gasteiger partial charge in [-0.1, -0.05) is 0 Å². The lowest BCUT2D eigenvalue weighted by molar-refractivity contribution is 0.152. The summed E-state index contributed by atoms with van der Waals surface area (Å²) < 4.78 is 5.18. The van der Waals surface area contributed by atoms with Crippen LogP contribution in [0.1, 0.15) is 0 Å². The van der Waals surface area contributed by atoms with Crippen LogP contribution < -0.4 is 5.73 Å². The highest BCUT2D eigenvalue weighted by Crippen LogP contribution is 2.49. The third-order valence-corrected chi connectivity index (χ3v) is 2.40. The van der Waals surface area contributed by atoms with E-state index in [0.717, 1.165) is 37.5 Å². The van der Waals surface area contributed by atoms with E-state index in [4.69, 9.17) is 10.5 Å². The van der Waals surface area contributed by atoms with Gasteiger partial charge in [0.05, 0.1) is 13.2 Å². The van der Waals surface area contributed by atoms with Crippen LogP contribution in [-0.4, -0.2) is 19.8 Å². The zero-order valence-electron chi connectivity index (χ0n) is 5.25. The molecule has 1 aliphatic heterocycles. The Bertz CT molecular complexity index is 92.5. The molecule has 3 atom stereocenters. The predicted molar refractivity (Wildman–Crippen MR) is 37.6 cm³/mol. The van der Waals surface area contributed by atoms with Gasteiger partial charge in [-0.3, -0.25) is 0 Å². The summed E-state index contributed by atoms with van der Waals surface area (Å²) >= 11 is 0. The summed E-state index contributed by atoms with van der Waals surface area (Å²) in [6.45, 7) is 2.83. The summed E-state index contributed by atoms with van der Waals surface area (Å²) in [4.78, 5) is 0. The summed E-state index contributed by atoms with van der Waals surface area (Å²) in [6.07, 6.45) is 0. The molecule has 0 radical (unpaired) electrons. The number of hydrogen-bond donors (Lipinski definition) is 1. The fourth-order valence-electron chi connectivity index (χ4n) is 1.71. The molecule has 0 bridgehead atoms. The lowest BCUT2D eigenvalue weighted by Gasteiger charge is -1.97. The van der Waals surface area contributed by atoms with E-state index >= 15 is 0 Å². The average molecular weight is 150 g/mol. The minimum absolute atomic E-state index is 0. The first-order valence-corrected chi connectivity index (χ1v) is 3.21. The van der Waals surface area contributed by atoms with Gasteiger partial charge >= 0.3 is 0 Å². The Balaban J connectivity index is 0.000000405. The van der Waals surface area contributed by atoms with Gasteiger partial charge in [0, 0.05) is 0 Å². The number of rotatable bonds is 1. The van der Waals surface area contributed by atoms with Gasteiger partial charge in [-0.15, -0.1) is 12.4 Å². The van der Waals surface area contributed by atoms with Crippen molar-refractivity contribution in [2.24, 2.45) is 23.5 Å². The Morgan fingerprint density at radius 3 is 2.22 bits per heavy atom. The smallest absolute Gasteiger partial charge is 0.0501 e. The highest BCUT2D eigenvalue weighted by molar-refractivity contribution is 5.85. The van der Waals surface area contributed by atoms with E-state index in [1.54, 1.807) is 0 Å². The molecular formula is C6H12ClNO. The lowest BCUT2D eigenvalue weighted by atomic mass is 10.3. The second-order valence-electron chi connectivity index (χ2n) is 2.76. The first-order valence-electron chi connectivity index (χ1n) is 3.21. The SMILES string of the molecule is Cl.NCC1[C@H]2COC[C@@H]12. The predicted octanol–water partition coefficient (Wildman–Crippen LogP) is 0.259. The van der Waals surface area contributed by atoms with Gasteiger partial charge in [0.1, 0.15) is 0 Å². The second kappa shape index (κ2) is 2.45. The van der Waals surface area contributed by atoms with Gasteiger partial charge in [-0.2, -0.15) is 0 Å². The van der Waals surface area contributed by atoms with Crippen LogP contribution in [-0.2, 0) is 4.74 Å². The molecule has 0 aromatic heterocycles. The van der Waals surface area contributed by atoms with Crippen molar-refractivity contribution >= 4 is 12.4 Å². The van der Waals surface area contributed by atoms with Crippen LogP contribution in [0.15, 0.2) is 0 Å². The third-order valence-electron chi connectivity index (χ3n) is 2.40. The number of nitrogens with two attached hydrogens (primary N) is 1. The highest BCUT2D eigenvalue weighted by atomic mass is 35.5. The molecular weight excluding hydrogens is 138 g/mol. The first-order chi connectivity index (χ1) is 3.93. The quantitative estimate of drug-likeness (QED) is 0.581. The molecule has 1 saturated carbocycles. The molecule has 0 aromatic rings. The van der Waals surface area contributed by atoms with Crippen molar-refractivity contribution in [2.45, 2.75) is 0 Å². The second-order valence-corrected chi connectivity index (χ2v) is 2.76. The minimum Gasteiger partial charge on any atom is -0.381 e. The van der Waals surface area contributed by atoms with Crippen molar-refractivity contribution < 1.29 is 4.74 Å². The van der Waals surface area contributed by atoms with Crippen LogP contribution >= 0.6 is 12.4 Å². The minimum atomic E-state index is 0. The molecule has 2 N–H and O–H groups in total. The maximum Gasteiger partial charge on any atom is 0.0501 e. The number of ether oxygens (including phenoxy) is 1. The summed E-state index contributed by atoms with van der Waals surface area (Å²) in [5.41, 5.74) is 5.47. The fourth-order valence-corrected chi connectivity index (χ4v) is 1.71. The van der Waals surface area contributed by atoms with Crippen LogP contribution in [0.3, 0.4) is 0 Å². The van der Waals surface area contributed by atoms with Gasteiger partial charge in [-0.05, 0) is 24.3 Å². The van der Waals surface area contributed by atoms with Crippen LogP contribution in [0.4, 0.5) is 0 Å². The molecule has 2 fully saturated rings. The van der Waals surface area contributed by atoms with E-state index in [2.05, 4.69) is 0 Å². The Morgan fingerprint density at radius 2 is 1.89 bits per heavy atom. The van der Waals surface area contributed by atoms with Crippen LogP contribution in [0.25, 0.3) is 0 Å². The molecule has 1 aliphatic carbocycles. The largest absolute Gasteiger partial charge is 0.381 e. The summed E-state index contributed by atoms with van der Waals surface area (Å²) in [6, 6.07) is 0. The zero-order chi connectivity index (χ0) is 5.56. The number of fused-ring (bicyclic) bond motifs is 1. The Kier molecular flexibility index (Phi) is 1.99. The molecule has 3 heteroatoms. The molecule has 54 valence electrons. The van der Waals surface area contributed by atoms with Crippen molar-refractivity contribution in [1.29, 1.82) is 0 Å². The molecule has 0 aromatic carbocycles. The first kappa shape index (κ1) is 7.32. The van der Waals surface area contributed by atoms with Crippen molar-refractivity contribution in [3.63, 3.8) is 0 Å². The number of halogens is 1. The summed E-state index contributed by atoms with van der Waals surface area (Å²) in [5.74, 6) is 2.52. The van der Waals surface area contributed by atoms with Crippen molar-refractivity contribution in [3.8, 4) is 0 Å². The van der Waals surface area contributed by atoms with Gasteiger partial charge in [0.25, 0.3) is 0 Å². The lowest BCUT2D eigenvalue weighted by Crippen LogP contribution is -2.08. The molecule has 0 amide bonds. The third kappa shape index (κ3) is 0.955. The van der Waals surface area contributed by atoms with E-state index in [9.17, 15) is 0 Å². The van der Waals surface area contributed by atoms with E-state index in [-0.39, 0.29) is 12.4 Å². The van der Waals surface area contributed by atoms with Crippen molar-refractivity contribution in [3.05, 3.63) is 0 Å². The summed E-state index contributed by atoms with van der Waals surface area (Å²) in [5, 5.41) is 0. The van der Waals surface area contributed by atoms with Crippen LogP contribution in [0.2, 0.25) is 0 Å². The van der Waals surface area contributed by atoms with Gasteiger partial charge < -0.3 is 10.5 Å². The molecule has 1 heterocycles.